The van der Waals surface area contributed by atoms with E-state index in [0.717, 1.165) is 29.7 Å². The van der Waals surface area contributed by atoms with Gasteiger partial charge < -0.3 is 4.42 Å². The van der Waals surface area contributed by atoms with Crippen molar-refractivity contribution in [1.82, 2.24) is 0 Å². The Morgan fingerprint density at radius 1 is 1.47 bits per heavy atom. The van der Waals surface area contributed by atoms with E-state index in [1.165, 1.54) is 5.56 Å². The Labute approximate surface area is 103 Å². The fraction of sp³-hybridized carbons (Fsp3) is 0.533. The molecule has 1 atom stereocenters. The molecule has 0 saturated heterocycles. The van der Waals surface area contributed by atoms with Gasteiger partial charge in [-0.05, 0) is 37.7 Å². The molecule has 0 aliphatic heterocycles. The predicted octanol–water partition coefficient (Wildman–Crippen LogP) is 4.18. The fourth-order valence-electron chi connectivity index (χ4n) is 2.66. The Kier molecular flexibility index (Phi) is 3.23. The molecule has 0 saturated carbocycles. The second-order valence-corrected chi connectivity index (χ2v) is 5.25. The Balaban J connectivity index is 2.53. The molecule has 1 heterocycles. The molecule has 0 aromatic carbocycles. The number of ketones is 1. The van der Waals surface area contributed by atoms with Gasteiger partial charge in [-0.1, -0.05) is 20.8 Å². The SMILES string of the molecule is CC(=O)C1=C(c2occc2C(C)C)[C@H](C)CC1. The highest BCUT2D eigenvalue weighted by molar-refractivity contribution is 6.02. The molecule has 1 aromatic heterocycles. The van der Waals surface area contributed by atoms with Gasteiger partial charge in [0, 0.05) is 16.7 Å². The molecule has 1 aliphatic carbocycles. The lowest BCUT2D eigenvalue weighted by Crippen LogP contribution is -2.01. The van der Waals surface area contributed by atoms with Crippen molar-refractivity contribution in [3.8, 4) is 0 Å². The van der Waals surface area contributed by atoms with E-state index in [4.69, 9.17) is 4.42 Å². The minimum Gasteiger partial charge on any atom is -0.464 e. The van der Waals surface area contributed by atoms with Crippen molar-refractivity contribution in [1.29, 1.82) is 0 Å². The van der Waals surface area contributed by atoms with Crippen molar-refractivity contribution in [2.45, 2.75) is 46.5 Å². The minimum atomic E-state index is 0.190. The molecule has 1 aliphatic rings. The lowest BCUT2D eigenvalue weighted by molar-refractivity contribution is -0.113. The highest BCUT2D eigenvalue weighted by Gasteiger charge is 2.29. The van der Waals surface area contributed by atoms with Crippen LogP contribution in [-0.2, 0) is 4.79 Å². The van der Waals surface area contributed by atoms with Crippen LogP contribution >= 0.6 is 0 Å². The van der Waals surface area contributed by atoms with Gasteiger partial charge in [0.15, 0.2) is 5.78 Å². The summed E-state index contributed by atoms with van der Waals surface area (Å²) in [6, 6.07) is 2.02. The molecule has 0 fully saturated rings. The summed E-state index contributed by atoms with van der Waals surface area (Å²) in [4.78, 5) is 11.7. The minimum absolute atomic E-state index is 0.190. The third-order valence-corrected chi connectivity index (χ3v) is 3.63. The van der Waals surface area contributed by atoms with Crippen LogP contribution in [0.2, 0.25) is 0 Å². The van der Waals surface area contributed by atoms with Crippen LogP contribution < -0.4 is 0 Å². The normalized spacial score (nSPS) is 20.4. The van der Waals surface area contributed by atoms with Crippen LogP contribution in [0.25, 0.3) is 5.57 Å². The summed E-state index contributed by atoms with van der Waals surface area (Å²) in [6.07, 6.45) is 3.69. The van der Waals surface area contributed by atoms with Crippen LogP contribution in [-0.4, -0.2) is 5.78 Å². The van der Waals surface area contributed by atoms with Crippen molar-refractivity contribution >= 4 is 11.4 Å². The van der Waals surface area contributed by atoms with Gasteiger partial charge in [0.2, 0.25) is 0 Å². The van der Waals surface area contributed by atoms with E-state index in [-0.39, 0.29) is 5.78 Å². The summed E-state index contributed by atoms with van der Waals surface area (Å²) >= 11 is 0. The standard InChI is InChI=1S/C15H20O2/c1-9(2)12-7-8-17-15(12)14-10(3)5-6-13(14)11(4)16/h7-10H,5-6H2,1-4H3/t10-/m1/s1. The average Bonchev–Trinajstić information content (AvgIpc) is 2.82. The monoisotopic (exact) mass is 232 g/mol. The molecule has 0 N–H and O–H groups in total. The number of carbonyl (C=O) groups excluding carboxylic acids is 1. The highest BCUT2D eigenvalue weighted by atomic mass is 16.3. The number of rotatable bonds is 3. The molecule has 0 unspecified atom stereocenters. The topological polar surface area (TPSA) is 30.2 Å². The van der Waals surface area contributed by atoms with Crippen LogP contribution in [0.5, 0.6) is 0 Å². The molecule has 0 amide bonds. The quantitative estimate of drug-likeness (QED) is 0.782. The molecule has 1 aromatic rings. The van der Waals surface area contributed by atoms with Crippen LogP contribution in [0.3, 0.4) is 0 Å². The number of carbonyl (C=O) groups is 1. The third kappa shape index (κ3) is 2.08. The predicted molar refractivity (Wildman–Crippen MR) is 68.8 cm³/mol. The van der Waals surface area contributed by atoms with E-state index in [1.807, 2.05) is 6.07 Å². The smallest absolute Gasteiger partial charge is 0.156 e. The summed E-state index contributed by atoms with van der Waals surface area (Å²) in [6.45, 7) is 8.15. The van der Waals surface area contributed by atoms with Crippen molar-refractivity contribution in [3.63, 3.8) is 0 Å². The molecule has 92 valence electrons. The first-order chi connectivity index (χ1) is 8.02. The Morgan fingerprint density at radius 2 is 2.18 bits per heavy atom. The molecule has 0 spiro atoms. The molecule has 2 nitrogen and oxygen atoms in total. The Bertz CT molecular complexity index is 463. The second-order valence-electron chi connectivity index (χ2n) is 5.25. The van der Waals surface area contributed by atoms with Crippen LogP contribution in [0.15, 0.2) is 22.3 Å². The average molecular weight is 232 g/mol. The Hall–Kier alpha value is -1.31. The first-order valence-corrected chi connectivity index (χ1v) is 6.34. The largest absolute Gasteiger partial charge is 0.464 e. The van der Waals surface area contributed by atoms with Crippen LogP contribution in [0.4, 0.5) is 0 Å². The zero-order valence-electron chi connectivity index (χ0n) is 11.0. The number of Topliss-reactive ketones (excluding diaryl/α,β-unsaturated/α-hetero) is 1. The highest BCUT2D eigenvalue weighted by Crippen LogP contribution is 2.41. The summed E-state index contributed by atoms with van der Waals surface area (Å²) in [5, 5.41) is 0. The van der Waals surface area contributed by atoms with Crippen molar-refractivity contribution in [2.24, 2.45) is 5.92 Å². The Morgan fingerprint density at radius 3 is 2.76 bits per heavy atom. The lowest BCUT2D eigenvalue weighted by atomic mass is 9.93. The summed E-state index contributed by atoms with van der Waals surface area (Å²) < 4.78 is 5.65. The number of hydrogen-bond acceptors (Lipinski definition) is 2. The first-order valence-electron chi connectivity index (χ1n) is 6.34. The molecular weight excluding hydrogens is 212 g/mol. The van der Waals surface area contributed by atoms with Crippen molar-refractivity contribution in [3.05, 3.63) is 29.2 Å². The van der Waals surface area contributed by atoms with E-state index >= 15 is 0 Å². The van der Waals surface area contributed by atoms with Crippen LogP contribution in [0.1, 0.15) is 57.8 Å². The maximum absolute atomic E-state index is 11.7. The van der Waals surface area contributed by atoms with Gasteiger partial charge >= 0.3 is 0 Å². The van der Waals surface area contributed by atoms with Gasteiger partial charge in [-0.25, -0.2) is 0 Å². The summed E-state index contributed by atoms with van der Waals surface area (Å²) in [5.74, 6) is 1.99. The van der Waals surface area contributed by atoms with Gasteiger partial charge in [-0.2, -0.15) is 0 Å². The molecule has 2 rings (SSSR count). The zero-order valence-corrected chi connectivity index (χ0v) is 11.0. The number of allylic oxidation sites excluding steroid dienone is 2. The van der Waals surface area contributed by atoms with E-state index in [2.05, 4.69) is 20.8 Å². The van der Waals surface area contributed by atoms with E-state index in [0.29, 0.717) is 11.8 Å². The van der Waals surface area contributed by atoms with Crippen LogP contribution in [0, 0.1) is 5.92 Å². The maximum atomic E-state index is 11.7. The molecule has 17 heavy (non-hydrogen) atoms. The van der Waals surface area contributed by atoms with Crippen molar-refractivity contribution < 1.29 is 9.21 Å². The number of hydrogen-bond donors (Lipinski definition) is 0. The lowest BCUT2D eigenvalue weighted by Gasteiger charge is -2.12. The van der Waals surface area contributed by atoms with Gasteiger partial charge in [0.1, 0.15) is 5.76 Å². The van der Waals surface area contributed by atoms with Gasteiger partial charge in [0.05, 0.1) is 6.26 Å². The first kappa shape index (κ1) is 12.2. The van der Waals surface area contributed by atoms with Gasteiger partial charge in [0.25, 0.3) is 0 Å². The fourth-order valence-corrected chi connectivity index (χ4v) is 2.66. The third-order valence-electron chi connectivity index (χ3n) is 3.63. The van der Waals surface area contributed by atoms with E-state index in [1.54, 1.807) is 13.2 Å². The second kappa shape index (κ2) is 4.52. The number of furan rings is 1. The zero-order chi connectivity index (χ0) is 12.6. The van der Waals surface area contributed by atoms with Crippen molar-refractivity contribution in [2.75, 3.05) is 0 Å². The molecule has 2 heteroatoms. The molecular formula is C15H20O2. The molecule has 0 radical (unpaired) electrons. The maximum Gasteiger partial charge on any atom is 0.156 e. The summed E-state index contributed by atoms with van der Waals surface area (Å²) in [7, 11) is 0. The van der Waals surface area contributed by atoms with E-state index in [9.17, 15) is 4.79 Å². The summed E-state index contributed by atoms with van der Waals surface area (Å²) in [5.41, 5.74) is 3.33. The van der Waals surface area contributed by atoms with Gasteiger partial charge in [-0.15, -0.1) is 0 Å². The van der Waals surface area contributed by atoms with E-state index < -0.39 is 0 Å². The van der Waals surface area contributed by atoms with Gasteiger partial charge in [-0.3, -0.25) is 4.79 Å². The molecule has 0 bridgehead atoms.